The van der Waals surface area contributed by atoms with Gasteiger partial charge in [-0.25, -0.2) is 9.97 Å². The molecule has 0 unspecified atom stereocenters. The highest BCUT2D eigenvalue weighted by molar-refractivity contribution is 6.31. The fourth-order valence-electron chi connectivity index (χ4n) is 1.95. The zero-order valence-corrected chi connectivity index (χ0v) is 13.1. The number of hydrogen-bond donors (Lipinski definition) is 1. The van der Waals surface area contributed by atoms with E-state index in [-0.39, 0.29) is 0 Å². The lowest BCUT2D eigenvalue weighted by Gasteiger charge is -2.10. The van der Waals surface area contributed by atoms with Gasteiger partial charge in [0.05, 0.1) is 5.02 Å². The molecule has 0 atom stereocenters. The fourth-order valence-corrected chi connectivity index (χ4v) is 2.12. The van der Waals surface area contributed by atoms with Crippen LogP contribution in [0.25, 0.3) is 5.82 Å². The summed E-state index contributed by atoms with van der Waals surface area (Å²) >= 11 is 6.20. The average molecular weight is 294 g/mol. The number of rotatable bonds is 5. The molecule has 2 aromatic rings. The lowest BCUT2D eigenvalue weighted by molar-refractivity contribution is 0.552. The monoisotopic (exact) mass is 293 g/mol. The summed E-state index contributed by atoms with van der Waals surface area (Å²) in [6.07, 6.45) is 1.67. The maximum Gasteiger partial charge on any atom is 0.155 e. The first-order chi connectivity index (χ1) is 9.47. The second-order valence-corrected chi connectivity index (χ2v) is 5.68. The molecule has 2 heterocycles. The second kappa shape index (κ2) is 6.33. The van der Waals surface area contributed by atoms with Crippen molar-refractivity contribution in [1.82, 2.24) is 25.1 Å². The Kier molecular flexibility index (Phi) is 4.73. The quantitative estimate of drug-likeness (QED) is 0.921. The average Bonchev–Trinajstić information content (AvgIpc) is 2.70. The molecular formula is C14H20ClN5. The van der Waals surface area contributed by atoms with Crippen molar-refractivity contribution in [3.63, 3.8) is 0 Å². The molecule has 2 rings (SSSR count). The molecule has 0 aromatic carbocycles. The predicted molar refractivity (Wildman–Crippen MR) is 80.2 cm³/mol. The zero-order valence-electron chi connectivity index (χ0n) is 12.3. The molecule has 0 aliphatic rings. The summed E-state index contributed by atoms with van der Waals surface area (Å²) in [5.74, 6) is 2.90. The summed E-state index contributed by atoms with van der Waals surface area (Å²) in [6.45, 7) is 9.80. The van der Waals surface area contributed by atoms with Crippen LogP contribution >= 0.6 is 11.6 Å². The smallest absolute Gasteiger partial charge is 0.155 e. The zero-order chi connectivity index (χ0) is 14.7. The summed E-state index contributed by atoms with van der Waals surface area (Å²) < 4.78 is 1.73. The molecule has 6 heteroatoms. The van der Waals surface area contributed by atoms with Gasteiger partial charge in [-0.2, -0.15) is 4.68 Å². The van der Waals surface area contributed by atoms with Crippen LogP contribution in [0.5, 0.6) is 0 Å². The molecule has 0 spiro atoms. The molecule has 0 aliphatic carbocycles. The normalized spacial score (nSPS) is 11.3. The van der Waals surface area contributed by atoms with Crippen LogP contribution in [-0.2, 0) is 6.54 Å². The first-order valence-electron chi connectivity index (χ1n) is 6.73. The van der Waals surface area contributed by atoms with Crippen LogP contribution in [0.2, 0.25) is 5.02 Å². The summed E-state index contributed by atoms with van der Waals surface area (Å²) in [6, 6.07) is 1.96. The highest BCUT2D eigenvalue weighted by atomic mass is 35.5. The van der Waals surface area contributed by atoms with E-state index in [0.717, 1.165) is 36.1 Å². The molecule has 0 saturated heterocycles. The van der Waals surface area contributed by atoms with Crippen molar-refractivity contribution >= 4 is 11.6 Å². The molecule has 1 N–H and O–H groups in total. The van der Waals surface area contributed by atoms with Gasteiger partial charge in [0.15, 0.2) is 5.82 Å². The van der Waals surface area contributed by atoms with Crippen LogP contribution in [0.3, 0.4) is 0 Å². The van der Waals surface area contributed by atoms with E-state index < -0.39 is 0 Å². The molecule has 5 nitrogen and oxygen atoms in total. The van der Waals surface area contributed by atoms with Gasteiger partial charge >= 0.3 is 0 Å². The van der Waals surface area contributed by atoms with Gasteiger partial charge in [0, 0.05) is 12.7 Å². The van der Waals surface area contributed by atoms with Crippen molar-refractivity contribution in [2.45, 2.75) is 34.2 Å². The van der Waals surface area contributed by atoms with Gasteiger partial charge in [0.25, 0.3) is 0 Å². The Morgan fingerprint density at radius 3 is 2.70 bits per heavy atom. The lowest BCUT2D eigenvalue weighted by Crippen LogP contribution is -2.19. The standard InChI is InChI=1S/C14H20ClN5/c1-9(2)6-16-7-12-5-14(17-8-13(12)15)20-11(4)18-10(3)19-20/h5,8-9,16H,6-7H2,1-4H3. The molecule has 20 heavy (non-hydrogen) atoms. The number of nitrogens with one attached hydrogen (secondary N) is 1. The van der Waals surface area contributed by atoms with Gasteiger partial charge < -0.3 is 5.32 Å². The van der Waals surface area contributed by atoms with Crippen molar-refractivity contribution < 1.29 is 0 Å². The molecule has 0 aliphatic heterocycles. The van der Waals surface area contributed by atoms with Gasteiger partial charge in [-0.1, -0.05) is 25.4 Å². The van der Waals surface area contributed by atoms with E-state index >= 15 is 0 Å². The van der Waals surface area contributed by atoms with Crippen LogP contribution in [0.15, 0.2) is 12.3 Å². The van der Waals surface area contributed by atoms with Crippen molar-refractivity contribution in [2.24, 2.45) is 5.92 Å². The van der Waals surface area contributed by atoms with E-state index in [1.54, 1.807) is 10.9 Å². The van der Waals surface area contributed by atoms with Crippen LogP contribution in [0.1, 0.15) is 31.1 Å². The number of aromatic nitrogens is 4. The summed E-state index contributed by atoms with van der Waals surface area (Å²) in [5.41, 5.74) is 1.02. The van der Waals surface area contributed by atoms with Crippen LogP contribution < -0.4 is 5.32 Å². The van der Waals surface area contributed by atoms with Crippen LogP contribution in [0, 0.1) is 19.8 Å². The number of hydrogen-bond acceptors (Lipinski definition) is 4. The first-order valence-corrected chi connectivity index (χ1v) is 7.11. The van der Waals surface area contributed by atoms with Crippen molar-refractivity contribution in [3.8, 4) is 5.82 Å². The van der Waals surface area contributed by atoms with Gasteiger partial charge in [-0.3, -0.25) is 0 Å². The number of aryl methyl sites for hydroxylation is 2. The lowest BCUT2D eigenvalue weighted by atomic mass is 10.2. The maximum atomic E-state index is 6.20. The van der Waals surface area contributed by atoms with E-state index in [1.807, 2.05) is 19.9 Å². The molecular weight excluding hydrogens is 274 g/mol. The fraction of sp³-hybridized carbons (Fsp3) is 0.500. The first kappa shape index (κ1) is 14.9. The number of halogens is 1. The number of pyridine rings is 1. The van der Waals surface area contributed by atoms with E-state index in [1.165, 1.54) is 0 Å². The summed E-state index contributed by atoms with van der Waals surface area (Å²) in [5, 5.41) is 8.39. The third-order valence-electron chi connectivity index (χ3n) is 2.88. The largest absolute Gasteiger partial charge is 0.312 e. The van der Waals surface area contributed by atoms with E-state index in [4.69, 9.17) is 11.6 Å². The highest BCUT2D eigenvalue weighted by Gasteiger charge is 2.09. The molecule has 0 bridgehead atoms. The minimum atomic E-state index is 0.607. The van der Waals surface area contributed by atoms with Crippen molar-refractivity contribution in [1.29, 1.82) is 0 Å². The third-order valence-corrected chi connectivity index (χ3v) is 3.22. The second-order valence-electron chi connectivity index (χ2n) is 5.28. The van der Waals surface area contributed by atoms with Crippen LogP contribution in [-0.4, -0.2) is 26.3 Å². The molecule has 0 radical (unpaired) electrons. The van der Waals surface area contributed by atoms with Crippen molar-refractivity contribution in [2.75, 3.05) is 6.54 Å². The minimum Gasteiger partial charge on any atom is -0.312 e. The van der Waals surface area contributed by atoms with E-state index in [0.29, 0.717) is 10.9 Å². The third kappa shape index (κ3) is 3.55. The maximum absolute atomic E-state index is 6.20. The molecule has 0 fully saturated rings. The topological polar surface area (TPSA) is 55.6 Å². The Labute approximate surface area is 124 Å². The SMILES string of the molecule is Cc1nc(C)n(-c2cc(CNCC(C)C)c(Cl)cn2)n1. The highest BCUT2D eigenvalue weighted by Crippen LogP contribution is 2.18. The Bertz CT molecular complexity index is 591. The minimum absolute atomic E-state index is 0.607. The van der Waals surface area contributed by atoms with Gasteiger partial charge in [-0.15, -0.1) is 5.10 Å². The van der Waals surface area contributed by atoms with Crippen LogP contribution in [0.4, 0.5) is 0 Å². The van der Waals surface area contributed by atoms with Gasteiger partial charge in [0.2, 0.25) is 0 Å². The Hall–Kier alpha value is -1.46. The summed E-state index contributed by atoms with van der Waals surface area (Å²) in [7, 11) is 0. The Morgan fingerprint density at radius 1 is 1.35 bits per heavy atom. The number of nitrogens with zero attached hydrogens (tertiary/aromatic N) is 4. The molecule has 0 amide bonds. The molecule has 108 valence electrons. The molecule has 2 aromatic heterocycles. The van der Waals surface area contributed by atoms with E-state index in [9.17, 15) is 0 Å². The summed E-state index contributed by atoms with van der Waals surface area (Å²) in [4.78, 5) is 8.62. The molecule has 0 saturated carbocycles. The van der Waals surface area contributed by atoms with Gasteiger partial charge in [0.1, 0.15) is 11.6 Å². The Morgan fingerprint density at radius 2 is 2.10 bits per heavy atom. The van der Waals surface area contributed by atoms with Crippen molar-refractivity contribution in [3.05, 3.63) is 34.5 Å². The Balaban J connectivity index is 2.22. The van der Waals surface area contributed by atoms with Gasteiger partial charge in [-0.05, 0) is 37.9 Å². The van der Waals surface area contributed by atoms with E-state index in [2.05, 4.69) is 34.2 Å². The predicted octanol–water partition coefficient (Wildman–Crippen LogP) is 2.68.